The lowest BCUT2D eigenvalue weighted by Gasteiger charge is -2.61. The molecule has 12 heteroatoms. The van der Waals surface area contributed by atoms with Crippen LogP contribution in [0.2, 0.25) is 0 Å². The van der Waals surface area contributed by atoms with Crippen molar-refractivity contribution in [2.45, 2.75) is 108 Å². The number of aliphatic hydroxyl groups is 1. The number of hydrogen-bond acceptors (Lipinski definition) is 12. The number of ether oxygens (including phenoxy) is 6. The number of carbonyl (C=O) groups excluding carboxylic acids is 4. The minimum Gasteiger partial charge on any atom is -0.477 e. The number of unbranched alkanes of at least 4 members (excludes halogenated alkanes) is 1. The highest BCUT2D eigenvalue weighted by Crippen LogP contribution is 2.65. The van der Waals surface area contributed by atoms with Gasteiger partial charge in [-0.15, -0.1) is 0 Å². The number of esters is 3. The third-order valence-corrected chi connectivity index (χ3v) is 8.82. The van der Waals surface area contributed by atoms with Crippen molar-refractivity contribution < 1.29 is 52.7 Å². The van der Waals surface area contributed by atoms with Crippen LogP contribution in [-0.2, 0) is 45.2 Å². The Labute approximate surface area is 256 Å². The van der Waals surface area contributed by atoms with Crippen molar-refractivity contribution in [1.29, 1.82) is 0 Å². The average molecular weight is 616 g/mol. The number of hydrogen-bond donors (Lipinski definition) is 1. The van der Waals surface area contributed by atoms with E-state index in [0.717, 1.165) is 24.5 Å². The van der Waals surface area contributed by atoms with Crippen molar-refractivity contribution in [3.8, 4) is 11.5 Å². The van der Waals surface area contributed by atoms with Gasteiger partial charge >= 0.3 is 24.1 Å². The van der Waals surface area contributed by atoms with Crippen LogP contribution in [0.15, 0.2) is 24.0 Å². The fourth-order valence-electron chi connectivity index (χ4n) is 6.98. The van der Waals surface area contributed by atoms with E-state index in [0.29, 0.717) is 31.6 Å². The molecule has 1 aromatic carbocycles. The Morgan fingerprint density at radius 3 is 2.61 bits per heavy atom. The van der Waals surface area contributed by atoms with Crippen LogP contribution < -0.4 is 9.47 Å². The van der Waals surface area contributed by atoms with E-state index < -0.39 is 59.3 Å². The van der Waals surface area contributed by atoms with Crippen molar-refractivity contribution in [3.63, 3.8) is 0 Å². The molecule has 1 aromatic rings. The number of piperidine rings is 1. The fourth-order valence-corrected chi connectivity index (χ4v) is 6.98. The van der Waals surface area contributed by atoms with Gasteiger partial charge in [-0.2, -0.15) is 0 Å². The molecule has 0 saturated carbocycles. The Hall–Kier alpha value is -3.64. The lowest BCUT2D eigenvalue weighted by Crippen LogP contribution is -2.74. The zero-order chi connectivity index (χ0) is 32.0. The first-order chi connectivity index (χ1) is 20.7. The molecule has 0 unspecified atom stereocenters. The number of nitrogens with zero attached hydrogens (tertiary/aromatic N) is 1. The quantitative estimate of drug-likeness (QED) is 0.188. The molecule has 0 radical (unpaired) electrons. The molecule has 2 aliphatic carbocycles. The Morgan fingerprint density at radius 1 is 1.18 bits per heavy atom. The van der Waals surface area contributed by atoms with Crippen molar-refractivity contribution in [2.75, 3.05) is 20.2 Å². The largest absolute Gasteiger partial charge is 0.514 e. The third kappa shape index (κ3) is 5.53. The molecule has 5 atom stereocenters. The summed E-state index contributed by atoms with van der Waals surface area (Å²) in [6.45, 7) is 9.03. The Bertz CT molecular complexity index is 1380. The van der Waals surface area contributed by atoms with Crippen LogP contribution in [0.4, 0.5) is 4.79 Å². The Morgan fingerprint density at radius 2 is 1.93 bits per heavy atom. The maximum absolute atomic E-state index is 13.2. The highest BCUT2D eigenvalue weighted by atomic mass is 16.7. The molecule has 240 valence electrons. The van der Waals surface area contributed by atoms with Gasteiger partial charge in [0.1, 0.15) is 11.4 Å². The van der Waals surface area contributed by atoms with E-state index in [1.54, 1.807) is 32.9 Å². The topological polar surface area (TPSA) is 147 Å². The van der Waals surface area contributed by atoms with Gasteiger partial charge in [0.05, 0.1) is 24.0 Å². The molecular weight excluding hydrogens is 574 g/mol. The summed E-state index contributed by atoms with van der Waals surface area (Å²) in [5, 5.41) is 12.4. The molecule has 44 heavy (non-hydrogen) atoms. The molecule has 0 amide bonds. The zero-order valence-corrected chi connectivity index (χ0v) is 26.1. The number of rotatable bonds is 9. The lowest BCUT2D eigenvalue weighted by atomic mass is 9.50. The smallest absolute Gasteiger partial charge is 0.477 e. The number of likely N-dealkylation sites (N-methyl/N-ethyl adjacent to an activating group) is 1. The SMILES string of the molecule is CCCCOC(=O)[C@H](CC(=O)OC1=CC[C@@]2(O)[C@H]3Cc4ccc(OC(=O)OC(C)(C)C)c5c4[C@@]2(CCN3C)[C@H]1O5)OC(C)=O. The molecule has 2 aliphatic heterocycles. The minimum absolute atomic E-state index is 0.133. The van der Waals surface area contributed by atoms with Gasteiger partial charge in [0, 0.05) is 24.9 Å². The van der Waals surface area contributed by atoms with Gasteiger partial charge in [-0.1, -0.05) is 19.4 Å². The van der Waals surface area contributed by atoms with Crippen LogP contribution >= 0.6 is 0 Å². The molecule has 12 nitrogen and oxygen atoms in total. The van der Waals surface area contributed by atoms with E-state index in [2.05, 4.69) is 4.90 Å². The summed E-state index contributed by atoms with van der Waals surface area (Å²) < 4.78 is 33.6. The van der Waals surface area contributed by atoms with Crippen LogP contribution in [-0.4, -0.2) is 83.7 Å². The summed E-state index contributed by atoms with van der Waals surface area (Å²) in [7, 11) is 1.97. The van der Waals surface area contributed by atoms with Gasteiger partial charge in [-0.25, -0.2) is 9.59 Å². The summed E-state index contributed by atoms with van der Waals surface area (Å²) in [5.74, 6) is -1.81. The second-order valence-electron chi connectivity index (χ2n) is 12.9. The van der Waals surface area contributed by atoms with E-state index >= 15 is 0 Å². The van der Waals surface area contributed by atoms with Crippen LogP contribution in [0, 0.1) is 0 Å². The first kappa shape index (κ1) is 31.8. The summed E-state index contributed by atoms with van der Waals surface area (Å²) >= 11 is 0. The Kier molecular flexibility index (Phi) is 8.45. The van der Waals surface area contributed by atoms with Gasteiger partial charge in [0.15, 0.2) is 17.6 Å². The van der Waals surface area contributed by atoms with Gasteiger partial charge in [-0.05, 0) is 71.3 Å². The van der Waals surface area contributed by atoms with E-state index in [4.69, 9.17) is 28.4 Å². The van der Waals surface area contributed by atoms with Gasteiger partial charge in [0.25, 0.3) is 0 Å². The Balaban J connectivity index is 1.45. The molecule has 2 bridgehead atoms. The molecule has 4 aliphatic rings. The first-order valence-electron chi connectivity index (χ1n) is 15.1. The normalized spacial score (nSPS) is 27.2. The number of carbonyl (C=O) groups is 4. The zero-order valence-electron chi connectivity index (χ0n) is 26.1. The summed E-state index contributed by atoms with van der Waals surface area (Å²) in [6, 6.07) is 3.28. The average Bonchev–Trinajstić information content (AvgIpc) is 3.28. The number of likely N-dealkylation sites (tertiary alicyclic amines) is 1. The summed E-state index contributed by atoms with van der Waals surface area (Å²) in [4.78, 5) is 52.3. The van der Waals surface area contributed by atoms with Crippen LogP contribution in [0.5, 0.6) is 11.5 Å². The van der Waals surface area contributed by atoms with Crippen molar-refractivity contribution in [1.82, 2.24) is 4.90 Å². The number of benzene rings is 1. The summed E-state index contributed by atoms with van der Waals surface area (Å²) in [5.41, 5.74) is -1.38. The third-order valence-electron chi connectivity index (χ3n) is 8.82. The highest BCUT2D eigenvalue weighted by molar-refractivity contribution is 5.84. The van der Waals surface area contributed by atoms with Crippen molar-refractivity contribution in [3.05, 3.63) is 35.1 Å². The van der Waals surface area contributed by atoms with Gasteiger partial charge in [0.2, 0.25) is 6.10 Å². The van der Waals surface area contributed by atoms with Crippen LogP contribution in [0.1, 0.15) is 77.8 Å². The minimum atomic E-state index is -1.47. The molecule has 1 saturated heterocycles. The van der Waals surface area contributed by atoms with E-state index in [-0.39, 0.29) is 30.6 Å². The van der Waals surface area contributed by atoms with Gasteiger partial charge < -0.3 is 38.4 Å². The van der Waals surface area contributed by atoms with Gasteiger partial charge in [-0.3, -0.25) is 9.59 Å². The molecular formula is C32H41NO11. The maximum Gasteiger partial charge on any atom is 0.514 e. The fraction of sp³-hybridized carbons (Fsp3) is 0.625. The molecule has 5 rings (SSSR count). The predicted octanol–water partition coefficient (Wildman–Crippen LogP) is 3.49. The second kappa shape index (κ2) is 11.7. The lowest BCUT2D eigenvalue weighted by molar-refractivity contribution is -0.174. The summed E-state index contributed by atoms with van der Waals surface area (Å²) in [6.07, 6.45) is 0.387. The monoisotopic (exact) mass is 615 g/mol. The predicted molar refractivity (Wildman–Crippen MR) is 154 cm³/mol. The van der Waals surface area contributed by atoms with Crippen molar-refractivity contribution in [2.24, 2.45) is 0 Å². The molecule has 2 heterocycles. The van der Waals surface area contributed by atoms with E-state index in [1.165, 1.54) is 0 Å². The first-order valence-corrected chi connectivity index (χ1v) is 15.1. The second-order valence-corrected chi connectivity index (χ2v) is 12.9. The van der Waals surface area contributed by atoms with Crippen LogP contribution in [0.3, 0.4) is 0 Å². The molecule has 1 fully saturated rings. The molecule has 1 N–H and O–H groups in total. The molecule has 1 spiro atoms. The standard InChI is InChI=1S/C32H41NO11/c1-7-8-15-39-28(36)22(40-18(2)34)17-24(35)41-21-11-12-32(38)23-16-19-9-10-20(42-29(37)44-30(3,4)5)26-25(19)31(32,27(21)43-26)13-14-33(23)6/h9-11,22-23,27,38H,7-8,12-17H2,1-6H3/t22-,23+,27-,31-,32+/m0/s1. The molecule has 0 aromatic heterocycles. The van der Waals surface area contributed by atoms with E-state index in [9.17, 15) is 24.3 Å². The highest BCUT2D eigenvalue weighted by Gasteiger charge is 2.72. The van der Waals surface area contributed by atoms with E-state index in [1.807, 2.05) is 20.0 Å². The van der Waals surface area contributed by atoms with Crippen LogP contribution in [0.25, 0.3) is 0 Å². The maximum atomic E-state index is 13.2. The van der Waals surface area contributed by atoms with Crippen molar-refractivity contribution >= 4 is 24.1 Å².